The average Bonchev–Trinajstić information content (AvgIpc) is 2.98. The van der Waals surface area contributed by atoms with E-state index in [0.717, 1.165) is 37.7 Å². The first kappa shape index (κ1) is 10.2. The van der Waals surface area contributed by atoms with Gasteiger partial charge >= 0.3 is 0 Å². The van der Waals surface area contributed by atoms with Crippen molar-refractivity contribution in [1.82, 2.24) is 15.5 Å². The molecule has 2 aliphatic heterocycles. The topological polar surface area (TPSA) is 60.2 Å². The van der Waals surface area contributed by atoms with Crippen LogP contribution >= 0.6 is 0 Å². The summed E-state index contributed by atoms with van der Waals surface area (Å²) in [6.45, 7) is 4.67. The SMILES string of the molecule is CC1(c2noc(C3CCCN3)n2)CCOC1. The van der Waals surface area contributed by atoms with Crippen LogP contribution in [0.25, 0.3) is 0 Å². The van der Waals surface area contributed by atoms with Crippen molar-refractivity contribution in [3.8, 4) is 0 Å². The number of aromatic nitrogens is 2. The van der Waals surface area contributed by atoms with Crippen LogP contribution in [-0.2, 0) is 10.2 Å². The second-order valence-corrected chi connectivity index (χ2v) is 4.97. The average molecular weight is 223 g/mol. The molecule has 0 radical (unpaired) electrons. The summed E-state index contributed by atoms with van der Waals surface area (Å²) in [6.07, 6.45) is 3.25. The molecule has 0 saturated carbocycles. The maximum absolute atomic E-state index is 5.41. The summed E-state index contributed by atoms with van der Waals surface area (Å²) in [7, 11) is 0. The number of rotatable bonds is 2. The Balaban J connectivity index is 1.81. The maximum atomic E-state index is 5.41. The van der Waals surface area contributed by atoms with Crippen LogP contribution in [0, 0.1) is 0 Å². The Bertz CT molecular complexity index is 365. The molecule has 88 valence electrons. The number of nitrogens with one attached hydrogen (secondary N) is 1. The molecule has 16 heavy (non-hydrogen) atoms. The Morgan fingerprint density at radius 1 is 1.50 bits per heavy atom. The molecule has 5 heteroatoms. The molecule has 2 saturated heterocycles. The first-order valence-electron chi connectivity index (χ1n) is 5.93. The van der Waals surface area contributed by atoms with Gasteiger partial charge in [-0.1, -0.05) is 5.16 Å². The summed E-state index contributed by atoms with van der Waals surface area (Å²) in [5.74, 6) is 1.54. The monoisotopic (exact) mass is 223 g/mol. The highest BCUT2D eigenvalue weighted by atomic mass is 16.5. The van der Waals surface area contributed by atoms with E-state index in [1.807, 2.05) is 0 Å². The summed E-state index contributed by atoms with van der Waals surface area (Å²) in [4.78, 5) is 4.53. The van der Waals surface area contributed by atoms with Crippen molar-refractivity contribution in [2.45, 2.75) is 37.6 Å². The van der Waals surface area contributed by atoms with Crippen molar-refractivity contribution in [3.05, 3.63) is 11.7 Å². The molecule has 2 unspecified atom stereocenters. The van der Waals surface area contributed by atoms with Crippen LogP contribution in [0.5, 0.6) is 0 Å². The molecule has 3 rings (SSSR count). The second kappa shape index (κ2) is 3.82. The van der Waals surface area contributed by atoms with Gasteiger partial charge in [-0.3, -0.25) is 0 Å². The summed E-state index contributed by atoms with van der Waals surface area (Å²) in [6, 6.07) is 0.257. The lowest BCUT2D eigenvalue weighted by atomic mass is 9.89. The fourth-order valence-electron chi connectivity index (χ4n) is 2.36. The van der Waals surface area contributed by atoms with Crippen LogP contribution in [0.2, 0.25) is 0 Å². The highest BCUT2D eigenvalue weighted by molar-refractivity contribution is 5.08. The summed E-state index contributed by atoms with van der Waals surface area (Å²) >= 11 is 0. The van der Waals surface area contributed by atoms with Gasteiger partial charge in [-0.05, 0) is 32.7 Å². The van der Waals surface area contributed by atoms with Gasteiger partial charge in [0.05, 0.1) is 18.1 Å². The molecule has 0 bridgehead atoms. The lowest BCUT2D eigenvalue weighted by Crippen LogP contribution is -2.23. The molecular weight excluding hydrogens is 206 g/mol. The van der Waals surface area contributed by atoms with E-state index in [4.69, 9.17) is 9.26 Å². The molecular formula is C11H17N3O2. The minimum atomic E-state index is -0.0552. The summed E-state index contributed by atoms with van der Waals surface area (Å²) < 4.78 is 10.8. The van der Waals surface area contributed by atoms with Crippen LogP contribution in [0.3, 0.4) is 0 Å². The normalized spacial score (nSPS) is 34.7. The second-order valence-electron chi connectivity index (χ2n) is 4.97. The van der Waals surface area contributed by atoms with Crippen LogP contribution in [0.4, 0.5) is 0 Å². The Hall–Kier alpha value is -0.940. The molecule has 0 amide bonds. The molecule has 2 aliphatic rings. The third kappa shape index (κ3) is 1.64. The Morgan fingerprint density at radius 2 is 2.44 bits per heavy atom. The zero-order valence-electron chi connectivity index (χ0n) is 9.53. The molecule has 2 atom stereocenters. The van der Waals surface area contributed by atoms with Crippen LogP contribution in [-0.4, -0.2) is 29.9 Å². The Kier molecular flexibility index (Phi) is 2.44. The predicted octanol–water partition coefficient (Wildman–Crippen LogP) is 1.17. The van der Waals surface area contributed by atoms with Gasteiger partial charge in [0, 0.05) is 6.61 Å². The van der Waals surface area contributed by atoms with Crippen LogP contribution < -0.4 is 5.32 Å². The van der Waals surface area contributed by atoms with Crippen molar-refractivity contribution in [3.63, 3.8) is 0 Å². The molecule has 0 spiro atoms. The predicted molar refractivity (Wildman–Crippen MR) is 57.1 cm³/mol. The highest BCUT2D eigenvalue weighted by Gasteiger charge is 2.37. The molecule has 5 nitrogen and oxygen atoms in total. The number of hydrogen-bond acceptors (Lipinski definition) is 5. The van der Waals surface area contributed by atoms with Crippen molar-refractivity contribution in [1.29, 1.82) is 0 Å². The van der Waals surface area contributed by atoms with E-state index in [1.54, 1.807) is 0 Å². The third-order valence-electron chi connectivity index (χ3n) is 3.56. The Labute approximate surface area is 94.6 Å². The van der Waals surface area contributed by atoms with Crippen LogP contribution in [0.15, 0.2) is 4.52 Å². The van der Waals surface area contributed by atoms with Gasteiger partial charge in [-0.15, -0.1) is 0 Å². The van der Waals surface area contributed by atoms with Gasteiger partial charge in [0.25, 0.3) is 0 Å². The van der Waals surface area contributed by atoms with Crippen molar-refractivity contribution >= 4 is 0 Å². The minimum absolute atomic E-state index is 0.0552. The van der Waals surface area contributed by atoms with E-state index in [9.17, 15) is 0 Å². The van der Waals surface area contributed by atoms with Gasteiger partial charge in [0.1, 0.15) is 0 Å². The van der Waals surface area contributed by atoms with Gasteiger partial charge in [-0.25, -0.2) is 0 Å². The van der Waals surface area contributed by atoms with E-state index < -0.39 is 0 Å². The van der Waals surface area contributed by atoms with Crippen molar-refractivity contribution < 1.29 is 9.26 Å². The summed E-state index contributed by atoms with van der Waals surface area (Å²) in [5.41, 5.74) is -0.0552. The summed E-state index contributed by atoms with van der Waals surface area (Å²) in [5, 5.41) is 7.47. The van der Waals surface area contributed by atoms with E-state index >= 15 is 0 Å². The fraction of sp³-hybridized carbons (Fsp3) is 0.818. The maximum Gasteiger partial charge on any atom is 0.243 e. The Morgan fingerprint density at radius 3 is 3.12 bits per heavy atom. The molecule has 3 heterocycles. The van der Waals surface area contributed by atoms with Gasteiger partial charge in [0.15, 0.2) is 5.82 Å². The van der Waals surface area contributed by atoms with Crippen molar-refractivity contribution in [2.24, 2.45) is 0 Å². The molecule has 0 aliphatic carbocycles. The highest BCUT2D eigenvalue weighted by Crippen LogP contribution is 2.31. The standard InChI is InChI=1S/C11H17N3O2/c1-11(4-6-15-7-11)10-13-9(16-14-10)8-3-2-5-12-8/h8,12H,2-7H2,1H3. The zero-order valence-corrected chi connectivity index (χ0v) is 9.53. The van der Waals surface area contributed by atoms with Crippen LogP contribution in [0.1, 0.15) is 43.9 Å². The zero-order chi connectivity index (χ0) is 11.0. The van der Waals surface area contributed by atoms with E-state index in [0.29, 0.717) is 6.61 Å². The fourth-order valence-corrected chi connectivity index (χ4v) is 2.36. The minimum Gasteiger partial charge on any atom is -0.380 e. The van der Waals surface area contributed by atoms with E-state index in [1.165, 1.54) is 6.42 Å². The molecule has 1 aromatic rings. The first-order chi connectivity index (χ1) is 7.78. The van der Waals surface area contributed by atoms with Gasteiger partial charge in [-0.2, -0.15) is 4.98 Å². The number of ether oxygens (including phenoxy) is 1. The molecule has 1 aromatic heterocycles. The lowest BCUT2D eigenvalue weighted by molar-refractivity contribution is 0.178. The largest absolute Gasteiger partial charge is 0.380 e. The smallest absolute Gasteiger partial charge is 0.243 e. The van der Waals surface area contributed by atoms with Crippen molar-refractivity contribution in [2.75, 3.05) is 19.8 Å². The molecule has 1 N–H and O–H groups in total. The van der Waals surface area contributed by atoms with E-state index in [-0.39, 0.29) is 11.5 Å². The number of hydrogen-bond donors (Lipinski definition) is 1. The van der Waals surface area contributed by atoms with Gasteiger partial charge < -0.3 is 14.6 Å². The molecule has 0 aromatic carbocycles. The number of nitrogens with zero attached hydrogens (tertiary/aromatic N) is 2. The van der Waals surface area contributed by atoms with Gasteiger partial charge in [0.2, 0.25) is 5.89 Å². The lowest BCUT2D eigenvalue weighted by Gasteiger charge is -2.15. The van der Waals surface area contributed by atoms with E-state index in [2.05, 4.69) is 22.4 Å². The quantitative estimate of drug-likeness (QED) is 0.815. The molecule has 2 fully saturated rings. The third-order valence-corrected chi connectivity index (χ3v) is 3.56. The first-order valence-corrected chi connectivity index (χ1v) is 5.93.